The van der Waals surface area contributed by atoms with Gasteiger partial charge in [0.1, 0.15) is 0 Å². The SMILES string of the molecule is O=C(CCCC(=O)OCC(F)(F)F)Nc1ccc(Cl)cc1Cl. The van der Waals surface area contributed by atoms with Crippen LogP contribution in [0.5, 0.6) is 0 Å². The predicted octanol–water partition coefficient (Wildman–Crippen LogP) is 4.21. The van der Waals surface area contributed by atoms with Gasteiger partial charge in [-0.1, -0.05) is 23.2 Å². The number of nitrogens with one attached hydrogen (secondary N) is 1. The highest BCUT2D eigenvalue weighted by atomic mass is 35.5. The van der Waals surface area contributed by atoms with Gasteiger partial charge in [0.25, 0.3) is 0 Å². The van der Waals surface area contributed by atoms with Crippen molar-refractivity contribution in [3.05, 3.63) is 28.2 Å². The molecule has 1 N–H and O–H groups in total. The summed E-state index contributed by atoms with van der Waals surface area (Å²) in [6, 6.07) is 4.50. The number of carbonyl (C=O) groups is 2. The molecule has 0 aliphatic heterocycles. The van der Waals surface area contributed by atoms with Crippen molar-refractivity contribution >= 4 is 40.8 Å². The molecule has 122 valence electrons. The molecule has 1 aromatic carbocycles. The van der Waals surface area contributed by atoms with Crippen LogP contribution in [0.15, 0.2) is 18.2 Å². The zero-order valence-electron chi connectivity index (χ0n) is 11.2. The third-order valence-corrected chi connectivity index (χ3v) is 2.93. The van der Waals surface area contributed by atoms with Crippen molar-refractivity contribution in [2.75, 3.05) is 11.9 Å². The number of rotatable bonds is 6. The summed E-state index contributed by atoms with van der Waals surface area (Å²) in [6.07, 6.45) is -4.83. The van der Waals surface area contributed by atoms with Crippen LogP contribution in [0.3, 0.4) is 0 Å². The van der Waals surface area contributed by atoms with Crippen molar-refractivity contribution < 1.29 is 27.5 Å². The normalized spacial score (nSPS) is 11.1. The van der Waals surface area contributed by atoms with Gasteiger partial charge in [-0.25, -0.2) is 0 Å². The average Bonchev–Trinajstić information content (AvgIpc) is 2.39. The molecule has 0 heterocycles. The minimum Gasteiger partial charge on any atom is -0.456 e. The van der Waals surface area contributed by atoms with Crippen LogP contribution in [-0.4, -0.2) is 24.7 Å². The van der Waals surface area contributed by atoms with Gasteiger partial charge >= 0.3 is 12.1 Å². The Labute approximate surface area is 134 Å². The third kappa shape index (κ3) is 7.51. The summed E-state index contributed by atoms with van der Waals surface area (Å²) in [5.74, 6) is -1.43. The number of halogens is 5. The second-order valence-electron chi connectivity index (χ2n) is 4.30. The van der Waals surface area contributed by atoms with Crippen LogP contribution in [0.1, 0.15) is 19.3 Å². The van der Waals surface area contributed by atoms with E-state index in [4.69, 9.17) is 23.2 Å². The maximum atomic E-state index is 11.8. The smallest absolute Gasteiger partial charge is 0.422 e. The molecule has 9 heteroatoms. The molecule has 0 aliphatic rings. The van der Waals surface area contributed by atoms with Crippen molar-refractivity contribution in [1.82, 2.24) is 0 Å². The predicted molar refractivity (Wildman–Crippen MR) is 76.0 cm³/mol. The van der Waals surface area contributed by atoms with Crippen LogP contribution >= 0.6 is 23.2 Å². The Balaban J connectivity index is 2.30. The fraction of sp³-hybridized carbons (Fsp3) is 0.385. The number of ether oxygens (including phenoxy) is 1. The number of amides is 1. The minimum absolute atomic E-state index is 0.0555. The van der Waals surface area contributed by atoms with E-state index in [1.54, 1.807) is 0 Å². The summed E-state index contributed by atoms with van der Waals surface area (Å²) in [5.41, 5.74) is 0.357. The van der Waals surface area contributed by atoms with Crippen LogP contribution in [0, 0.1) is 0 Å². The van der Waals surface area contributed by atoms with E-state index in [-0.39, 0.29) is 24.3 Å². The molecule has 0 saturated carbocycles. The van der Waals surface area contributed by atoms with Crippen LogP contribution in [0.2, 0.25) is 10.0 Å². The molecule has 1 aromatic rings. The molecule has 4 nitrogen and oxygen atoms in total. The second-order valence-corrected chi connectivity index (χ2v) is 5.15. The van der Waals surface area contributed by atoms with E-state index in [1.165, 1.54) is 18.2 Å². The van der Waals surface area contributed by atoms with E-state index < -0.39 is 24.7 Å². The van der Waals surface area contributed by atoms with Crippen LogP contribution < -0.4 is 5.32 Å². The summed E-state index contributed by atoms with van der Waals surface area (Å²) in [6.45, 7) is -1.63. The minimum atomic E-state index is -4.56. The molecule has 1 rings (SSSR count). The first kappa shape index (κ1) is 18.6. The first-order chi connectivity index (χ1) is 10.2. The maximum absolute atomic E-state index is 11.8. The molecule has 0 unspecified atom stereocenters. The summed E-state index contributed by atoms with van der Waals surface area (Å²) >= 11 is 11.6. The molecule has 22 heavy (non-hydrogen) atoms. The number of hydrogen-bond donors (Lipinski definition) is 1. The first-order valence-electron chi connectivity index (χ1n) is 6.14. The van der Waals surface area contributed by atoms with Gasteiger partial charge in [0.2, 0.25) is 5.91 Å². The van der Waals surface area contributed by atoms with Gasteiger partial charge in [-0.15, -0.1) is 0 Å². The van der Waals surface area contributed by atoms with Gasteiger partial charge in [-0.3, -0.25) is 9.59 Å². The van der Waals surface area contributed by atoms with E-state index in [2.05, 4.69) is 10.1 Å². The van der Waals surface area contributed by atoms with E-state index in [9.17, 15) is 22.8 Å². The Morgan fingerprint density at radius 2 is 1.86 bits per heavy atom. The molecule has 1 amide bonds. The Hall–Kier alpha value is -1.47. The van der Waals surface area contributed by atoms with Crippen molar-refractivity contribution in [2.45, 2.75) is 25.4 Å². The summed E-state index contributed by atoms with van der Waals surface area (Å²) < 4.78 is 39.4. The third-order valence-electron chi connectivity index (χ3n) is 2.39. The Kier molecular flexibility index (Phi) is 6.96. The molecule has 0 saturated heterocycles. The fourth-order valence-electron chi connectivity index (χ4n) is 1.43. The zero-order valence-corrected chi connectivity index (χ0v) is 12.7. The van der Waals surface area contributed by atoms with Gasteiger partial charge in [0.15, 0.2) is 6.61 Å². The molecular weight excluding hydrogens is 346 g/mol. The largest absolute Gasteiger partial charge is 0.456 e. The van der Waals surface area contributed by atoms with E-state index >= 15 is 0 Å². The van der Waals surface area contributed by atoms with Gasteiger partial charge in [-0.2, -0.15) is 13.2 Å². The van der Waals surface area contributed by atoms with Crippen molar-refractivity contribution in [3.8, 4) is 0 Å². The van der Waals surface area contributed by atoms with Gasteiger partial charge in [0, 0.05) is 17.9 Å². The number of anilines is 1. The molecule has 0 fully saturated rings. The Bertz CT molecular complexity index is 550. The summed E-state index contributed by atoms with van der Waals surface area (Å²) in [7, 11) is 0. The van der Waals surface area contributed by atoms with Crippen molar-refractivity contribution in [3.63, 3.8) is 0 Å². The molecule has 0 bridgehead atoms. The summed E-state index contributed by atoms with van der Waals surface area (Å²) in [5, 5.41) is 3.17. The van der Waals surface area contributed by atoms with Gasteiger partial charge < -0.3 is 10.1 Å². The lowest BCUT2D eigenvalue weighted by Crippen LogP contribution is -2.20. The number of alkyl halides is 3. The number of benzene rings is 1. The zero-order chi connectivity index (χ0) is 16.8. The Morgan fingerprint density at radius 3 is 2.45 bits per heavy atom. The molecule has 0 aromatic heterocycles. The lowest BCUT2D eigenvalue weighted by molar-refractivity contribution is -0.186. The fourth-order valence-corrected chi connectivity index (χ4v) is 1.89. The number of hydrogen-bond acceptors (Lipinski definition) is 3. The quantitative estimate of drug-likeness (QED) is 0.776. The maximum Gasteiger partial charge on any atom is 0.422 e. The lowest BCUT2D eigenvalue weighted by Gasteiger charge is -2.08. The monoisotopic (exact) mass is 357 g/mol. The Morgan fingerprint density at radius 1 is 1.18 bits per heavy atom. The first-order valence-corrected chi connectivity index (χ1v) is 6.90. The number of carbonyl (C=O) groups excluding carboxylic acids is 2. The molecule has 0 aliphatic carbocycles. The molecule has 0 radical (unpaired) electrons. The van der Waals surface area contributed by atoms with E-state index in [1.807, 2.05) is 0 Å². The van der Waals surface area contributed by atoms with Crippen LogP contribution in [0.25, 0.3) is 0 Å². The van der Waals surface area contributed by atoms with Crippen molar-refractivity contribution in [1.29, 1.82) is 0 Å². The lowest BCUT2D eigenvalue weighted by atomic mass is 10.2. The molecule has 0 spiro atoms. The highest BCUT2D eigenvalue weighted by molar-refractivity contribution is 6.36. The highest BCUT2D eigenvalue weighted by Gasteiger charge is 2.29. The van der Waals surface area contributed by atoms with E-state index in [0.717, 1.165) is 0 Å². The topological polar surface area (TPSA) is 55.4 Å². The molecular formula is C13H12Cl2F3NO3. The standard InChI is InChI=1S/C13H12Cl2F3NO3/c14-8-4-5-10(9(15)6-8)19-11(20)2-1-3-12(21)22-7-13(16,17)18/h4-6H,1-3,7H2,(H,19,20). The second kappa shape index (κ2) is 8.24. The molecule has 0 atom stereocenters. The van der Waals surface area contributed by atoms with Crippen molar-refractivity contribution in [2.24, 2.45) is 0 Å². The summed E-state index contributed by atoms with van der Waals surface area (Å²) in [4.78, 5) is 22.6. The number of esters is 1. The average molecular weight is 358 g/mol. The van der Waals surface area contributed by atoms with Gasteiger partial charge in [-0.05, 0) is 24.6 Å². The van der Waals surface area contributed by atoms with Crippen LogP contribution in [-0.2, 0) is 14.3 Å². The van der Waals surface area contributed by atoms with Crippen LogP contribution in [0.4, 0.5) is 18.9 Å². The highest BCUT2D eigenvalue weighted by Crippen LogP contribution is 2.25. The van der Waals surface area contributed by atoms with E-state index in [0.29, 0.717) is 10.7 Å². The van der Waals surface area contributed by atoms with Gasteiger partial charge in [0.05, 0.1) is 10.7 Å².